The molecule has 128 valence electrons. The van der Waals surface area contributed by atoms with E-state index in [-0.39, 0.29) is 12.7 Å². The van der Waals surface area contributed by atoms with Crippen molar-refractivity contribution in [3.05, 3.63) is 23.8 Å². The molecular weight excluding hydrogens is 348 g/mol. The van der Waals surface area contributed by atoms with Gasteiger partial charge in [0, 0.05) is 13.1 Å². The first-order valence-electron chi connectivity index (χ1n) is 7.60. The van der Waals surface area contributed by atoms with E-state index < -0.39 is 0 Å². The average molecular weight is 366 g/mol. The van der Waals surface area contributed by atoms with Crippen LogP contribution in [-0.4, -0.2) is 35.2 Å². The summed E-state index contributed by atoms with van der Waals surface area (Å²) in [5, 5.41) is 15.0. The van der Waals surface area contributed by atoms with Crippen molar-refractivity contribution >= 4 is 34.1 Å². The Kier molecular flexibility index (Phi) is 5.76. The number of hydrogen-bond donors (Lipinski definition) is 2. The van der Waals surface area contributed by atoms with Crippen LogP contribution >= 0.6 is 23.1 Å². The Hall–Kier alpha value is -2.00. The van der Waals surface area contributed by atoms with E-state index >= 15 is 0 Å². The second-order valence-corrected chi connectivity index (χ2v) is 7.25. The maximum atomic E-state index is 12.0. The number of carbonyl (C=O) groups is 1. The van der Waals surface area contributed by atoms with Gasteiger partial charge in [0.25, 0.3) is 0 Å². The van der Waals surface area contributed by atoms with Crippen molar-refractivity contribution in [3.63, 3.8) is 0 Å². The summed E-state index contributed by atoms with van der Waals surface area (Å²) < 4.78 is 11.4. The van der Waals surface area contributed by atoms with E-state index in [0.717, 1.165) is 39.5 Å². The van der Waals surface area contributed by atoms with Gasteiger partial charge in [0.15, 0.2) is 15.8 Å². The number of thioether (sulfide) groups is 1. The molecule has 1 aliphatic rings. The van der Waals surface area contributed by atoms with Crippen molar-refractivity contribution in [2.45, 2.75) is 24.2 Å². The van der Waals surface area contributed by atoms with Gasteiger partial charge in [-0.25, -0.2) is 0 Å². The van der Waals surface area contributed by atoms with Gasteiger partial charge in [-0.15, -0.1) is 10.2 Å². The molecule has 0 aliphatic carbocycles. The zero-order valence-electron chi connectivity index (χ0n) is 13.2. The molecule has 24 heavy (non-hydrogen) atoms. The lowest BCUT2D eigenvalue weighted by Crippen LogP contribution is -2.24. The van der Waals surface area contributed by atoms with Gasteiger partial charge in [0.05, 0.1) is 5.75 Å². The third-order valence-electron chi connectivity index (χ3n) is 3.19. The number of amides is 1. The molecule has 2 N–H and O–H groups in total. The Labute approximate surface area is 148 Å². The van der Waals surface area contributed by atoms with Gasteiger partial charge >= 0.3 is 0 Å². The number of ether oxygens (including phenoxy) is 2. The molecule has 0 saturated heterocycles. The highest BCUT2D eigenvalue weighted by atomic mass is 32.2. The van der Waals surface area contributed by atoms with Crippen LogP contribution in [0.3, 0.4) is 0 Å². The molecule has 0 atom stereocenters. The van der Waals surface area contributed by atoms with Gasteiger partial charge in [-0.2, -0.15) is 0 Å². The summed E-state index contributed by atoms with van der Waals surface area (Å²) in [5.41, 5.74) is 0.972. The summed E-state index contributed by atoms with van der Waals surface area (Å²) >= 11 is 2.85. The number of anilines is 1. The summed E-state index contributed by atoms with van der Waals surface area (Å²) in [6.07, 6.45) is 1.03. The first kappa shape index (κ1) is 16.8. The summed E-state index contributed by atoms with van der Waals surface area (Å²) in [4.78, 5) is 12.0. The van der Waals surface area contributed by atoms with E-state index in [4.69, 9.17) is 9.47 Å². The maximum Gasteiger partial charge on any atom is 0.231 e. The first-order valence-corrected chi connectivity index (χ1v) is 9.40. The normalized spacial score (nSPS) is 12.2. The number of carbonyl (C=O) groups excluding carboxylic acids is 1. The van der Waals surface area contributed by atoms with Crippen LogP contribution in [-0.2, 0) is 11.3 Å². The molecule has 0 unspecified atom stereocenters. The monoisotopic (exact) mass is 366 g/mol. The van der Waals surface area contributed by atoms with Gasteiger partial charge in [-0.05, 0) is 24.1 Å². The first-order chi connectivity index (χ1) is 11.7. The number of fused-ring (bicyclic) bond motifs is 1. The van der Waals surface area contributed by atoms with Crippen molar-refractivity contribution < 1.29 is 14.3 Å². The highest BCUT2D eigenvalue weighted by Gasteiger charge is 2.13. The van der Waals surface area contributed by atoms with Crippen LogP contribution in [0.4, 0.5) is 5.13 Å². The molecule has 1 aromatic heterocycles. The highest BCUT2D eigenvalue weighted by Crippen LogP contribution is 2.32. The fourth-order valence-corrected chi connectivity index (χ4v) is 3.61. The minimum atomic E-state index is -0.0454. The standard InChI is InChI=1S/C15H18N4O3S2/c1-2-5-16-14-18-19-15(24-14)23-8-13(20)17-7-10-3-4-11-12(6-10)22-9-21-11/h3-4,6H,2,5,7-9H2,1H3,(H,16,18)(H,17,20). The Morgan fingerprint density at radius 2 is 2.21 bits per heavy atom. The summed E-state index contributed by atoms with van der Waals surface area (Å²) in [6.45, 7) is 3.66. The molecule has 0 spiro atoms. The van der Waals surface area contributed by atoms with Crippen molar-refractivity contribution in [2.24, 2.45) is 0 Å². The van der Waals surface area contributed by atoms with E-state index in [1.165, 1.54) is 23.1 Å². The van der Waals surface area contributed by atoms with E-state index in [1.54, 1.807) is 0 Å². The molecule has 1 aromatic carbocycles. The van der Waals surface area contributed by atoms with Crippen molar-refractivity contribution in [1.82, 2.24) is 15.5 Å². The lowest BCUT2D eigenvalue weighted by Gasteiger charge is -2.05. The predicted octanol–water partition coefficient (Wildman–Crippen LogP) is 2.50. The van der Waals surface area contributed by atoms with Crippen LogP contribution in [0.2, 0.25) is 0 Å². The Bertz CT molecular complexity index is 708. The molecule has 0 saturated carbocycles. The predicted molar refractivity (Wildman–Crippen MR) is 93.8 cm³/mol. The number of aromatic nitrogens is 2. The van der Waals surface area contributed by atoms with E-state index in [1.807, 2.05) is 18.2 Å². The fraction of sp³-hybridized carbons (Fsp3) is 0.400. The van der Waals surface area contributed by atoms with Gasteiger partial charge in [0.1, 0.15) is 0 Å². The molecule has 9 heteroatoms. The number of benzene rings is 1. The third-order valence-corrected chi connectivity index (χ3v) is 5.20. The van der Waals surface area contributed by atoms with Crippen LogP contribution in [0.25, 0.3) is 0 Å². The van der Waals surface area contributed by atoms with Gasteiger partial charge in [-0.3, -0.25) is 4.79 Å². The van der Waals surface area contributed by atoms with Gasteiger partial charge in [0.2, 0.25) is 17.8 Å². The number of rotatable bonds is 8. The van der Waals surface area contributed by atoms with Gasteiger partial charge < -0.3 is 20.1 Å². The summed E-state index contributed by atoms with van der Waals surface area (Å²) in [5.74, 6) is 1.73. The minimum Gasteiger partial charge on any atom is -0.454 e. The highest BCUT2D eigenvalue weighted by molar-refractivity contribution is 8.01. The van der Waals surface area contributed by atoms with Crippen LogP contribution in [0.1, 0.15) is 18.9 Å². The Morgan fingerprint density at radius 1 is 1.33 bits per heavy atom. The number of nitrogens with zero attached hydrogens (tertiary/aromatic N) is 2. The van der Waals surface area contributed by atoms with E-state index in [0.29, 0.717) is 12.3 Å². The van der Waals surface area contributed by atoms with Crippen LogP contribution in [0, 0.1) is 0 Å². The largest absolute Gasteiger partial charge is 0.454 e. The van der Waals surface area contributed by atoms with Crippen molar-refractivity contribution in [2.75, 3.05) is 24.4 Å². The Morgan fingerprint density at radius 3 is 3.08 bits per heavy atom. The number of hydrogen-bond acceptors (Lipinski definition) is 8. The smallest absolute Gasteiger partial charge is 0.231 e. The maximum absolute atomic E-state index is 12.0. The van der Waals surface area contributed by atoms with E-state index in [9.17, 15) is 4.79 Å². The fourth-order valence-electron chi connectivity index (χ4n) is 2.00. The summed E-state index contributed by atoms with van der Waals surface area (Å²) in [6, 6.07) is 5.65. The quantitative estimate of drug-likeness (QED) is 0.694. The van der Waals surface area contributed by atoms with Crippen molar-refractivity contribution in [3.8, 4) is 11.5 Å². The molecule has 0 radical (unpaired) electrons. The molecule has 7 nitrogen and oxygen atoms in total. The minimum absolute atomic E-state index is 0.0454. The topological polar surface area (TPSA) is 85.4 Å². The van der Waals surface area contributed by atoms with Crippen LogP contribution < -0.4 is 20.1 Å². The second-order valence-electron chi connectivity index (χ2n) is 5.05. The third kappa shape index (κ3) is 4.51. The molecule has 0 bridgehead atoms. The second kappa shape index (κ2) is 8.20. The molecule has 0 fully saturated rings. The zero-order chi connectivity index (χ0) is 16.8. The van der Waals surface area contributed by atoms with E-state index in [2.05, 4.69) is 27.8 Å². The number of nitrogens with one attached hydrogen (secondary N) is 2. The molecule has 2 aromatic rings. The molecule has 1 aliphatic heterocycles. The average Bonchev–Trinajstić information content (AvgIpc) is 3.24. The lowest BCUT2D eigenvalue weighted by molar-refractivity contribution is -0.118. The SMILES string of the molecule is CCCNc1nnc(SCC(=O)NCc2ccc3c(c2)OCO3)s1. The molecule has 3 rings (SSSR count). The van der Waals surface area contributed by atoms with Crippen LogP contribution in [0.5, 0.6) is 11.5 Å². The van der Waals surface area contributed by atoms with Gasteiger partial charge in [-0.1, -0.05) is 36.1 Å². The zero-order valence-corrected chi connectivity index (χ0v) is 14.8. The molecular formula is C15H18N4O3S2. The lowest BCUT2D eigenvalue weighted by atomic mass is 10.2. The summed E-state index contributed by atoms with van der Waals surface area (Å²) in [7, 11) is 0. The van der Waals surface area contributed by atoms with Crippen LogP contribution in [0.15, 0.2) is 22.5 Å². The Balaban J connectivity index is 1.42. The van der Waals surface area contributed by atoms with Crippen molar-refractivity contribution in [1.29, 1.82) is 0 Å². The molecule has 2 heterocycles. The molecule has 1 amide bonds.